The number of rotatable bonds is 3. The Morgan fingerprint density at radius 1 is 1.56 bits per heavy atom. The van der Waals surface area contributed by atoms with Gasteiger partial charge in [-0.05, 0) is 49.5 Å². The lowest BCUT2D eigenvalue weighted by atomic mass is 9.98. The van der Waals surface area contributed by atoms with Gasteiger partial charge in [-0.1, -0.05) is 0 Å². The fourth-order valence-corrected chi connectivity index (χ4v) is 2.34. The summed E-state index contributed by atoms with van der Waals surface area (Å²) in [6.07, 6.45) is 4.17. The molecule has 5 heteroatoms. The van der Waals surface area contributed by atoms with E-state index in [1.165, 1.54) is 12.8 Å². The molecule has 0 radical (unpaired) electrons. The van der Waals surface area contributed by atoms with Crippen molar-refractivity contribution in [2.24, 2.45) is 11.7 Å². The van der Waals surface area contributed by atoms with E-state index in [0.717, 1.165) is 31.9 Å². The lowest BCUT2D eigenvalue weighted by molar-refractivity contribution is 0.169. The minimum Gasteiger partial charge on any atom is -0.330 e. The number of halogens is 1. The maximum absolute atomic E-state index is 5.76. The van der Waals surface area contributed by atoms with Gasteiger partial charge in [0, 0.05) is 19.3 Å². The minimum absolute atomic E-state index is 0.324. The molecule has 16 heavy (non-hydrogen) atoms. The second kappa shape index (κ2) is 5.57. The maximum Gasteiger partial charge on any atom is 0.222 e. The van der Waals surface area contributed by atoms with Crippen LogP contribution in [0.3, 0.4) is 0 Å². The highest BCUT2D eigenvalue weighted by atomic mass is 35.5. The standard InChI is InChI=1S/C11H17ClN4/c12-11-14-4-3-10(15-11)8-16-5-1-2-9(6-13)7-16/h3-4,9H,1-2,5-8,13H2/t9-/m1/s1. The highest BCUT2D eigenvalue weighted by Gasteiger charge is 2.18. The average molecular weight is 241 g/mol. The Labute approximate surface area is 101 Å². The Kier molecular flexibility index (Phi) is 4.09. The van der Waals surface area contributed by atoms with Crippen LogP contribution in [0.4, 0.5) is 0 Å². The van der Waals surface area contributed by atoms with Crippen LogP contribution in [-0.4, -0.2) is 34.5 Å². The Hall–Kier alpha value is -0.710. The highest BCUT2D eigenvalue weighted by molar-refractivity contribution is 6.28. The molecule has 4 nitrogen and oxygen atoms in total. The van der Waals surface area contributed by atoms with Crippen LogP contribution in [0.25, 0.3) is 0 Å². The van der Waals surface area contributed by atoms with E-state index in [-0.39, 0.29) is 0 Å². The Balaban J connectivity index is 1.94. The van der Waals surface area contributed by atoms with E-state index in [1.54, 1.807) is 6.20 Å². The van der Waals surface area contributed by atoms with Crippen molar-refractivity contribution in [1.29, 1.82) is 0 Å². The average Bonchev–Trinajstić information content (AvgIpc) is 2.29. The van der Waals surface area contributed by atoms with Gasteiger partial charge in [-0.25, -0.2) is 9.97 Å². The first kappa shape index (κ1) is 11.8. The van der Waals surface area contributed by atoms with Crippen LogP contribution in [0.15, 0.2) is 12.3 Å². The quantitative estimate of drug-likeness (QED) is 0.810. The highest BCUT2D eigenvalue weighted by Crippen LogP contribution is 2.17. The Morgan fingerprint density at radius 2 is 2.44 bits per heavy atom. The van der Waals surface area contributed by atoms with Gasteiger partial charge < -0.3 is 5.73 Å². The second-order valence-electron chi connectivity index (χ2n) is 4.30. The van der Waals surface area contributed by atoms with Crippen molar-refractivity contribution in [3.63, 3.8) is 0 Å². The summed E-state index contributed by atoms with van der Waals surface area (Å²) in [6, 6.07) is 1.91. The molecule has 0 bridgehead atoms. The first-order chi connectivity index (χ1) is 7.78. The third-order valence-electron chi connectivity index (χ3n) is 3.01. The van der Waals surface area contributed by atoms with Crippen LogP contribution in [0.1, 0.15) is 18.5 Å². The summed E-state index contributed by atoms with van der Waals surface area (Å²) in [4.78, 5) is 10.5. The molecular weight excluding hydrogens is 224 g/mol. The zero-order valence-electron chi connectivity index (χ0n) is 9.27. The molecule has 2 rings (SSSR count). The van der Waals surface area contributed by atoms with Crippen molar-refractivity contribution in [2.45, 2.75) is 19.4 Å². The van der Waals surface area contributed by atoms with Crippen molar-refractivity contribution in [2.75, 3.05) is 19.6 Å². The van der Waals surface area contributed by atoms with Gasteiger partial charge in [0.15, 0.2) is 0 Å². The van der Waals surface area contributed by atoms with Gasteiger partial charge >= 0.3 is 0 Å². The number of hydrogen-bond donors (Lipinski definition) is 1. The molecule has 2 N–H and O–H groups in total. The Morgan fingerprint density at radius 3 is 3.19 bits per heavy atom. The van der Waals surface area contributed by atoms with Crippen LogP contribution in [0.2, 0.25) is 5.28 Å². The molecule has 1 atom stereocenters. The van der Waals surface area contributed by atoms with E-state index >= 15 is 0 Å². The lowest BCUT2D eigenvalue weighted by Crippen LogP contribution is -2.38. The molecule has 0 unspecified atom stereocenters. The largest absolute Gasteiger partial charge is 0.330 e. The molecule has 0 aliphatic carbocycles. The van der Waals surface area contributed by atoms with Crippen molar-refractivity contribution in [1.82, 2.24) is 14.9 Å². The smallest absolute Gasteiger partial charge is 0.222 e. The molecule has 0 aromatic carbocycles. The van der Waals surface area contributed by atoms with Gasteiger partial charge in [0.05, 0.1) is 5.69 Å². The molecule has 1 aromatic heterocycles. The van der Waals surface area contributed by atoms with E-state index in [9.17, 15) is 0 Å². The zero-order valence-corrected chi connectivity index (χ0v) is 10.0. The van der Waals surface area contributed by atoms with E-state index < -0.39 is 0 Å². The summed E-state index contributed by atoms with van der Waals surface area (Å²) in [5, 5.41) is 0.324. The number of nitrogens with two attached hydrogens (primary N) is 1. The molecular formula is C11H17ClN4. The summed E-state index contributed by atoms with van der Waals surface area (Å²) >= 11 is 5.76. The summed E-state index contributed by atoms with van der Waals surface area (Å²) in [7, 11) is 0. The van der Waals surface area contributed by atoms with Gasteiger partial charge in [0.25, 0.3) is 0 Å². The topological polar surface area (TPSA) is 55.0 Å². The molecule has 1 aliphatic rings. The first-order valence-electron chi connectivity index (χ1n) is 5.68. The molecule has 2 heterocycles. The predicted octanol–water partition coefficient (Wildman–Crippen LogP) is 1.30. The number of nitrogens with zero attached hydrogens (tertiary/aromatic N) is 3. The maximum atomic E-state index is 5.76. The van der Waals surface area contributed by atoms with Crippen molar-refractivity contribution in [3.05, 3.63) is 23.2 Å². The molecule has 1 saturated heterocycles. The van der Waals surface area contributed by atoms with Gasteiger partial charge in [0.2, 0.25) is 5.28 Å². The summed E-state index contributed by atoms with van der Waals surface area (Å²) < 4.78 is 0. The first-order valence-corrected chi connectivity index (χ1v) is 6.05. The fraction of sp³-hybridized carbons (Fsp3) is 0.636. The van der Waals surface area contributed by atoms with Crippen LogP contribution in [0.5, 0.6) is 0 Å². The second-order valence-corrected chi connectivity index (χ2v) is 4.63. The lowest BCUT2D eigenvalue weighted by Gasteiger charge is -2.31. The molecule has 1 aliphatic heterocycles. The normalized spacial score (nSPS) is 22.2. The number of likely N-dealkylation sites (tertiary alicyclic amines) is 1. The van der Waals surface area contributed by atoms with E-state index in [2.05, 4.69) is 14.9 Å². The molecule has 1 fully saturated rings. The third-order valence-corrected chi connectivity index (χ3v) is 3.19. The summed E-state index contributed by atoms with van der Waals surface area (Å²) in [5.41, 5.74) is 6.69. The number of piperidine rings is 1. The van der Waals surface area contributed by atoms with Crippen molar-refractivity contribution < 1.29 is 0 Å². The minimum atomic E-state index is 0.324. The van der Waals surface area contributed by atoms with Crippen molar-refractivity contribution in [3.8, 4) is 0 Å². The number of aromatic nitrogens is 2. The van der Waals surface area contributed by atoms with E-state index in [0.29, 0.717) is 11.2 Å². The fourth-order valence-electron chi connectivity index (χ4n) is 2.17. The van der Waals surface area contributed by atoms with Gasteiger partial charge in [-0.15, -0.1) is 0 Å². The summed E-state index contributed by atoms with van der Waals surface area (Å²) in [5.74, 6) is 0.631. The van der Waals surface area contributed by atoms with Crippen LogP contribution in [-0.2, 0) is 6.54 Å². The zero-order chi connectivity index (χ0) is 11.4. The van der Waals surface area contributed by atoms with Crippen LogP contribution >= 0.6 is 11.6 Å². The van der Waals surface area contributed by atoms with E-state index in [4.69, 9.17) is 17.3 Å². The molecule has 0 spiro atoms. The van der Waals surface area contributed by atoms with Gasteiger partial charge in [0.1, 0.15) is 0 Å². The Bertz CT molecular complexity index is 345. The molecule has 88 valence electrons. The monoisotopic (exact) mass is 240 g/mol. The summed E-state index contributed by atoms with van der Waals surface area (Å²) in [6.45, 7) is 3.82. The van der Waals surface area contributed by atoms with Gasteiger partial charge in [-0.2, -0.15) is 0 Å². The van der Waals surface area contributed by atoms with Crippen LogP contribution in [0, 0.1) is 5.92 Å². The molecule has 1 aromatic rings. The third kappa shape index (κ3) is 3.14. The van der Waals surface area contributed by atoms with Crippen molar-refractivity contribution >= 4 is 11.6 Å². The predicted molar refractivity (Wildman–Crippen MR) is 64.1 cm³/mol. The van der Waals surface area contributed by atoms with Gasteiger partial charge in [-0.3, -0.25) is 4.90 Å². The van der Waals surface area contributed by atoms with Crippen LogP contribution < -0.4 is 5.73 Å². The number of hydrogen-bond acceptors (Lipinski definition) is 4. The SMILES string of the molecule is NC[C@H]1CCCN(Cc2ccnc(Cl)n2)C1. The molecule has 0 saturated carbocycles. The van der Waals surface area contributed by atoms with E-state index in [1.807, 2.05) is 6.07 Å². The molecule has 0 amide bonds.